The fraction of sp³-hybridized carbons (Fsp3) is 0.462. The van der Waals surface area contributed by atoms with Gasteiger partial charge in [0.1, 0.15) is 0 Å². The minimum atomic E-state index is -0.154. The summed E-state index contributed by atoms with van der Waals surface area (Å²) in [6.07, 6.45) is 0.169. The van der Waals surface area contributed by atoms with Gasteiger partial charge in [-0.05, 0) is 32.9 Å². The van der Waals surface area contributed by atoms with Crippen LogP contribution >= 0.6 is 0 Å². The van der Waals surface area contributed by atoms with Crippen LogP contribution in [0.15, 0.2) is 18.2 Å². The summed E-state index contributed by atoms with van der Waals surface area (Å²) >= 11 is 0. The lowest BCUT2D eigenvalue weighted by atomic mass is 10.1. The Morgan fingerprint density at radius 2 is 2.17 bits per heavy atom. The normalized spacial score (nSPS) is 10.5. The molecule has 1 amide bonds. The van der Waals surface area contributed by atoms with Gasteiger partial charge in [-0.3, -0.25) is 10.6 Å². The van der Waals surface area contributed by atoms with Crippen LogP contribution in [0.2, 0.25) is 0 Å². The highest BCUT2D eigenvalue weighted by molar-refractivity contribution is 5.99. The molecule has 0 unspecified atom stereocenters. The van der Waals surface area contributed by atoms with Crippen LogP contribution in [0.4, 0.5) is 5.69 Å². The Morgan fingerprint density at radius 1 is 1.44 bits per heavy atom. The van der Waals surface area contributed by atoms with E-state index < -0.39 is 0 Å². The van der Waals surface area contributed by atoms with Gasteiger partial charge in [-0.1, -0.05) is 11.6 Å². The molecule has 1 aromatic rings. The quantitative estimate of drug-likeness (QED) is 0.406. The second kappa shape index (κ2) is 6.98. The summed E-state index contributed by atoms with van der Waals surface area (Å²) in [5.74, 6) is 5.22. The first-order chi connectivity index (χ1) is 8.54. The summed E-state index contributed by atoms with van der Waals surface area (Å²) in [7, 11) is 0. The number of anilines is 1. The lowest BCUT2D eigenvalue weighted by Gasteiger charge is -2.11. The number of benzene rings is 1. The van der Waals surface area contributed by atoms with E-state index in [1.807, 2.05) is 26.8 Å². The smallest absolute Gasteiger partial charge is 0.253 e. The second-order valence-corrected chi connectivity index (χ2v) is 4.37. The standard InChI is InChI=1S/C13H21N3O2/c1-9(2)18-7-6-15-13(17)11-8-10(3)4-5-12(11)16-14/h4-5,8-9,16H,6-7,14H2,1-3H3,(H,15,17). The van der Waals surface area contributed by atoms with Gasteiger partial charge in [0, 0.05) is 6.54 Å². The molecule has 0 heterocycles. The van der Waals surface area contributed by atoms with Crippen molar-refractivity contribution in [2.24, 2.45) is 5.84 Å². The van der Waals surface area contributed by atoms with Crippen LogP contribution in [0, 0.1) is 6.92 Å². The SMILES string of the molecule is Cc1ccc(NN)c(C(=O)NCCOC(C)C)c1. The molecule has 0 radical (unpaired) electrons. The first-order valence-corrected chi connectivity index (χ1v) is 6.01. The van der Waals surface area contributed by atoms with E-state index in [0.717, 1.165) is 5.56 Å². The number of hydrogen-bond acceptors (Lipinski definition) is 4. The summed E-state index contributed by atoms with van der Waals surface area (Å²) in [6, 6.07) is 5.48. The average Bonchev–Trinajstić information content (AvgIpc) is 2.34. The van der Waals surface area contributed by atoms with E-state index in [1.165, 1.54) is 0 Å². The molecule has 100 valence electrons. The Balaban J connectivity index is 2.58. The molecule has 4 N–H and O–H groups in total. The zero-order valence-corrected chi connectivity index (χ0v) is 11.1. The first kappa shape index (κ1) is 14.5. The first-order valence-electron chi connectivity index (χ1n) is 6.01. The van der Waals surface area contributed by atoms with Crippen LogP contribution < -0.4 is 16.6 Å². The molecule has 0 aromatic heterocycles. The van der Waals surface area contributed by atoms with Crippen molar-refractivity contribution in [3.05, 3.63) is 29.3 Å². The van der Waals surface area contributed by atoms with Crippen LogP contribution in [-0.2, 0) is 4.74 Å². The summed E-state index contributed by atoms with van der Waals surface area (Å²) in [4.78, 5) is 12.0. The molecule has 0 bridgehead atoms. The Hall–Kier alpha value is -1.59. The predicted octanol–water partition coefficient (Wildman–Crippen LogP) is 1.44. The number of aryl methyl sites for hydroxylation is 1. The fourth-order valence-corrected chi connectivity index (χ4v) is 1.53. The molecule has 0 saturated heterocycles. The number of nitrogen functional groups attached to an aromatic ring is 1. The molecule has 0 atom stereocenters. The summed E-state index contributed by atoms with van der Waals surface area (Å²) < 4.78 is 5.35. The number of rotatable bonds is 6. The molecule has 0 aliphatic carbocycles. The van der Waals surface area contributed by atoms with Crippen molar-refractivity contribution >= 4 is 11.6 Å². The van der Waals surface area contributed by atoms with Gasteiger partial charge in [-0.2, -0.15) is 0 Å². The molecule has 1 aromatic carbocycles. The van der Waals surface area contributed by atoms with E-state index in [-0.39, 0.29) is 12.0 Å². The van der Waals surface area contributed by atoms with Crippen molar-refractivity contribution in [3.8, 4) is 0 Å². The summed E-state index contributed by atoms with van der Waals surface area (Å²) in [6.45, 7) is 6.83. The highest BCUT2D eigenvalue weighted by Gasteiger charge is 2.10. The van der Waals surface area contributed by atoms with E-state index in [1.54, 1.807) is 12.1 Å². The topological polar surface area (TPSA) is 76.4 Å². The lowest BCUT2D eigenvalue weighted by molar-refractivity contribution is 0.0747. The van der Waals surface area contributed by atoms with E-state index in [2.05, 4.69) is 10.7 Å². The van der Waals surface area contributed by atoms with Crippen molar-refractivity contribution in [2.75, 3.05) is 18.6 Å². The Kier molecular flexibility index (Phi) is 5.61. The van der Waals surface area contributed by atoms with Gasteiger partial charge in [0.15, 0.2) is 0 Å². The van der Waals surface area contributed by atoms with E-state index in [9.17, 15) is 4.79 Å². The van der Waals surface area contributed by atoms with Gasteiger partial charge in [-0.25, -0.2) is 0 Å². The van der Waals surface area contributed by atoms with Crippen molar-refractivity contribution in [1.82, 2.24) is 5.32 Å². The number of hydrazine groups is 1. The van der Waals surface area contributed by atoms with E-state index in [4.69, 9.17) is 10.6 Å². The predicted molar refractivity (Wildman–Crippen MR) is 72.4 cm³/mol. The van der Waals surface area contributed by atoms with Crippen molar-refractivity contribution < 1.29 is 9.53 Å². The Morgan fingerprint density at radius 3 is 2.78 bits per heavy atom. The molecule has 1 rings (SSSR count). The minimum Gasteiger partial charge on any atom is -0.377 e. The van der Waals surface area contributed by atoms with Crippen LogP contribution in [0.25, 0.3) is 0 Å². The third kappa shape index (κ3) is 4.35. The van der Waals surface area contributed by atoms with Crippen molar-refractivity contribution in [1.29, 1.82) is 0 Å². The van der Waals surface area contributed by atoms with E-state index in [0.29, 0.717) is 24.4 Å². The Labute approximate surface area is 108 Å². The zero-order chi connectivity index (χ0) is 13.5. The molecule has 0 spiro atoms. The van der Waals surface area contributed by atoms with Gasteiger partial charge in [0.25, 0.3) is 5.91 Å². The lowest BCUT2D eigenvalue weighted by Crippen LogP contribution is -2.29. The number of carbonyl (C=O) groups excluding carboxylic acids is 1. The van der Waals surface area contributed by atoms with E-state index >= 15 is 0 Å². The molecule has 0 fully saturated rings. The molecular formula is C13H21N3O2. The molecule has 0 aliphatic rings. The number of nitrogens with one attached hydrogen (secondary N) is 2. The zero-order valence-electron chi connectivity index (χ0n) is 11.1. The largest absolute Gasteiger partial charge is 0.377 e. The number of nitrogens with two attached hydrogens (primary N) is 1. The number of amides is 1. The van der Waals surface area contributed by atoms with Gasteiger partial charge in [0.05, 0.1) is 24.0 Å². The molecule has 18 heavy (non-hydrogen) atoms. The second-order valence-electron chi connectivity index (χ2n) is 4.37. The number of hydrogen-bond donors (Lipinski definition) is 3. The van der Waals surface area contributed by atoms with Crippen LogP contribution in [0.3, 0.4) is 0 Å². The van der Waals surface area contributed by atoms with Crippen LogP contribution in [-0.4, -0.2) is 25.2 Å². The van der Waals surface area contributed by atoms with Gasteiger partial charge in [0.2, 0.25) is 0 Å². The third-order valence-corrected chi connectivity index (χ3v) is 2.41. The average molecular weight is 251 g/mol. The van der Waals surface area contributed by atoms with Gasteiger partial charge >= 0.3 is 0 Å². The van der Waals surface area contributed by atoms with Crippen molar-refractivity contribution in [3.63, 3.8) is 0 Å². The number of carbonyl (C=O) groups is 1. The third-order valence-electron chi connectivity index (χ3n) is 2.41. The molecule has 0 saturated carbocycles. The Bertz CT molecular complexity index is 405. The molecule has 5 nitrogen and oxygen atoms in total. The highest BCUT2D eigenvalue weighted by Crippen LogP contribution is 2.15. The molecule has 0 aliphatic heterocycles. The maximum Gasteiger partial charge on any atom is 0.253 e. The number of ether oxygens (including phenoxy) is 1. The molecule has 5 heteroatoms. The van der Waals surface area contributed by atoms with Crippen LogP contribution in [0.1, 0.15) is 29.8 Å². The highest BCUT2D eigenvalue weighted by atomic mass is 16.5. The monoisotopic (exact) mass is 251 g/mol. The summed E-state index contributed by atoms with van der Waals surface area (Å²) in [5, 5.41) is 2.80. The summed E-state index contributed by atoms with van der Waals surface area (Å²) in [5.41, 5.74) is 4.69. The maximum absolute atomic E-state index is 12.0. The van der Waals surface area contributed by atoms with Crippen molar-refractivity contribution in [2.45, 2.75) is 26.9 Å². The minimum absolute atomic E-state index is 0.154. The van der Waals surface area contributed by atoms with Crippen LogP contribution in [0.5, 0.6) is 0 Å². The maximum atomic E-state index is 12.0. The molecular weight excluding hydrogens is 230 g/mol. The van der Waals surface area contributed by atoms with Gasteiger partial charge in [-0.15, -0.1) is 0 Å². The fourth-order valence-electron chi connectivity index (χ4n) is 1.53. The van der Waals surface area contributed by atoms with Gasteiger partial charge < -0.3 is 15.5 Å².